The highest BCUT2D eigenvalue weighted by Crippen LogP contribution is 2.48. The molecule has 12 heteroatoms. The van der Waals surface area contributed by atoms with Gasteiger partial charge in [-0.1, -0.05) is 38.1 Å². The summed E-state index contributed by atoms with van der Waals surface area (Å²) >= 11 is 0. The van der Waals surface area contributed by atoms with Gasteiger partial charge in [-0.25, -0.2) is 8.42 Å². The van der Waals surface area contributed by atoms with Crippen molar-refractivity contribution in [3.05, 3.63) is 101 Å². The van der Waals surface area contributed by atoms with Crippen LogP contribution in [0.1, 0.15) is 72.5 Å². The van der Waals surface area contributed by atoms with Gasteiger partial charge in [0.2, 0.25) is 0 Å². The molecule has 2 aromatic carbocycles. The molecule has 5 rings (SSSR count). The number of sulfone groups is 1. The number of ketones is 1. The smallest absolute Gasteiger partial charge is 0.273 e. The summed E-state index contributed by atoms with van der Waals surface area (Å²) in [6.45, 7) is 3.67. The van der Waals surface area contributed by atoms with E-state index < -0.39 is 25.6 Å². The Morgan fingerprint density at radius 2 is 1.55 bits per heavy atom. The highest BCUT2D eigenvalue weighted by Gasteiger charge is 2.44. The lowest BCUT2D eigenvalue weighted by Crippen LogP contribution is -2.32. The van der Waals surface area contributed by atoms with Gasteiger partial charge >= 0.3 is 0 Å². The highest BCUT2D eigenvalue weighted by atomic mass is 32.2. The fourth-order valence-electron chi connectivity index (χ4n) is 5.45. The van der Waals surface area contributed by atoms with Gasteiger partial charge in [0, 0.05) is 58.6 Å². The molecule has 40 heavy (non-hydrogen) atoms. The van der Waals surface area contributed by atoms with Crippen LogP contribution in [-0.4, -0.2) is 36.1 Å². The van der Waals surface area contributed by atoms with E-state index in [-0.39, 0.29) is 27.8 Å². The van der Waals surface area contributed by atoms with Crippen LogP contribution in [0, 0.1) is 20.2 Å². The Balaban J connectivity index is 0.000000240. The predicted octanol–water partition coefficient (Wildman–Crippen LogP) is 4.85. The number of nitro benzene ring substituents is 2. The van der Waals surface area contributed by atoms with E-state index in [1.54, 1.807) is 24.3 Å². The number of nitrogens with zero attached hydrogens (tertiary/aromatic N) is 2. The van der Waals surface area contributed by atoms with Crippen LogP contribution in [0.5, 0.6) is 0 Å². The number of nitrogens with one attached hydrogen (secondary N) is 1. The zero-order valence-electron chi connectivity index (χ0n) is 22.1. The number of carbonyl (C=O) groups is 2. The molecule has 210 valence electrons. The van der Waals surface area contributed by atoms with Crippen molar-refractivity contribution in [2.45, 2.75) is 58.3 Å². The molecule has 0 amide bonds. The Morgan fingerprint density at radius 1 is 0.925 bits per heavy atom. The molecular formula is C28H29N3O8S. The van der Waals surface area contributed by atoms with E-state index in [9.17, 15) is 38.2 Å². The lowest BCUT2D eigenvalue weighted by Gasteiger charge is -2.33. The van der Waals surface area contributed by atoms with Gasteiger partial charge in [-0.05, 0) is 31.2 Å². The Labute approximate surface area is 231 Å². The number of aldehydes is 1. The van der Waals surface area contributed by atoms with Gasteiger partial charge in [-0.15, -0.1) is 0 Å². The van der Waals surface area contributed by atoms with E-state index in [1.165, 1.54) is 12.1 Å². The first-order chi connectivity index (χ1) is 19.0. The van der Waals surface area contributed by atoms with Gasteiger partial charge in [-0.2, -0.15) is 0 Å². The minimum absolute atomic E-state index is 0.00501. The van der Waals surface area contributed by atoms with Crippen molar-refractivity contribution >= 4 is 33.3 Å². The first-order valence-electron chi connectivity index (χ1n) is 13.0. The molecule has 2 aromatic rings. The fourth-order valence-corrected chi connectivity index (χ4v) is 7.28. The van der Waals surface area contributed by atoms with Crippen LogP contribution in [0.3, 0.4) is 0 Å². The van der Waals surface area contributed by atoms with E-state index >= 15 is 0 Å². The molecule has 1 atom stereocenters. The molecular weight excluding hydrogens is 538 g/mol. The number of Topliss-reactive ketones (excluding diaryl/α,β-unsaturated/α-hetero) is 1. The van der Waals surface area contributed by atoms with Gasteiger partial charge in [-0.3, -0.25) is 29.8 Å². The van der Waals surface area contributed by atoms with Crippen molar-refractivity contribution in [3.63, 3.8) is 0 Å². The second-order valence-corrected chi connectivity index (χ2v) is 11.8. The van der Waals surface area contributed by atoms with Gasteiger partial charge in [0.15, 0.2) is 15.6 Å². The number of hydrogen-bond acceptors (Lipinski definition) is 9. The van der Waals surface area contributed by atoms with Crippen LogP contribution in [-0.2, 0) is 27.5 Å². The van der Waals surface area contributed by atoms with Crippen molar-refractivity contribution in [3.8, 4) is 0 Å². The van der Waals surface area contributed by atoms with Crippen LogP contribution in [0.25, 0.3) is 0 Å². The molecule has 1 aliphatic carbocycles. The molecule has 0 saturated heterocycles. The number of hydrogen-bond donors (Lipinski definition) is 1. The van der Waals surface area contributed by atoms with Crippen LogP contribution in [0.15, 0.2) is 58.3 Å². The third kappa shape index (κ3) is 5.44. The minimum atomic E-state index is -3.51. The largest absolute Gasteiger partial charge is 0.361 e. The molecule has 0 aromatic heterocycles. The molecule has 11 nitrogen and oxygen atoms in total. The van der Waals surface area contributed by atoms with Crippen molar-refractivity contribution in [2.75, 3.05) is 5.75 Å². The molecule has 0 radical (unpaired) electrons. The SMILES string of the molecule is CCc1ccc(C2C3=C(CCCC3=O)NC3=C2S(=O)(=O)CC3)cc1[N+](=O)[O-].CCc1ccc(C=O)cc1[N+](=O)[O-]. The molecule has 2 heterocycles. The number of benzene rings is 2. The summed E-state index contributed by atoms with van der Waals surface area (Å²) in [5.74, 6) is -0.823. The second-order valence-electron chi connectivity index (χ2n) is 9.75. The zero-order chi connectivity index (χ0) is 29.2. The first kappa shape index (κ1) is 28.8. The number of aryl methyl sites for hydroxylation is 2. The van der Waals surface area contributed by atoms with Gasteiger partial charge in [0.05, 0.1) is 26.4 Å². The van der Waals surface area contributed by atoms with Gasteiger partial charge < -0.3 is 5.32 Å². The molecule has 0 spiro atoms. The quantitative estimate of drug-likeness (QED) is 0.291. The van der Waals surface area contributed by atoms with Crippen molar-refractivity contribution in [1.82, 2.24) is 5.32 Å². The van der Waals surface area contributed by atoms with Crippen molar-refractivity contribution < 1.29 is 27.9 Å². The highest BCUT2D eigenvalue weighted by molar-refractivity contribution is 7.95. The van der Waals surface area contributed by atoms with Crippen LogP contribution >= 0.6 is 0 Å². The number of nitro groups is 2. The van der Waals surface area contributed by atoms with Crippen LogP contribution in [0.4, 0.5) is 11.4 Å². The van der Waals surface area contributed by atoms with Gasteiger partial charge in [0.1, 0.15) is 6.29 Å². The lowest BCUT2D eigenvalue weighted by atomic mass is 9.79. The summed E-state index contributed by atoms with van der Waals surface area (Å²) in [6, 6.07) is 9.34. The number of rotatable bonds is 6. The molecule has 1 N–H and O–H groups in total. The first-order valence-corrected chi connectivity index (χ1v) is 14.7. The number of allylic oxidation sites excluding steroid dienone is 4. The average molecular weight is 568 g/mol. The van der Waals surface area contributed by atoms with Gasteiger partial charge in [0.25, 0.3) is 11.4 Å². The van der Waals surface area contributed by atoms with Crippen LogP contribution in [0.2, 0.25) is 0 Å². The maximum atomic E-state index is 12.7. The minimum Gasteiger partial charge on any atom is -0.361 e. The van der Waals surface area contributed by atoms with E-state index in [4.69, 9.17) is 0 Å². The molecule has 0 fully saturated rings. The summed E-state index contributed by atoms with van der Waals surface area (Å²) in [5.41, 5.74) is 3.93. The molecule has 0 bridgehead atoms. The van der Waals surface area contributed by atoms with Crippen molar-refractivity contribution in [1.29, 1.82) is 0 Å². The molecule has 1 unspecified atom stereocenters. The maximum absolute atomic E-state index is 12.7. The summed E-state index contributed by atoms with van der Waals surface area (Å²) in [4.78, 5) is 44.4. The zero-order valence-corrected chi connectivity index (χ0v) is 23.0. The second kappa shape index (κ2) is 11.5. The van der Waals surface area contributed by atoms with E-state index in [0.29, 0.717) is 71.9 Å². The topological polar surface area (TPSA) is 167 Å². The third-order valence-electron chi connectivity index (χ3n) is 7.41. The summed E-state index contributed by atoms with van der Waals surface area (Å²) < 4.78 is 25.5. The normalized spacial score (nSPS) is 19.1. The Morgan fingerprint density at radius 3 is 2.15 bits per heavy atom. The maximum Gasteiger partial charge on any atom is 0.273 e. The summed E-state index contributed by atoms with van der Waals surface area (Å²) in [5, 5.41) is 25.2. The lowest BCUT2D eigenvalue weighted by molar-refractivity contribution is -0.385. The standard InChI is InChI=1S/C19H20N2O5S.C9H9NO3/c1-2-11-6-7-12(10-15(11)21(23)24)17-18-13(4-3-5-16(18)22)20-14-8-9-27(25,26)19(14)17;1-2-8-4-3-7(6-11)5-9(8)10(12)13/h6-7,10,17,20H,2-5,8-9H2,1H3;3-6H,2H2,1H3. The van der Waals surface area contributed by atoms with Crippen molar-refractivity contribution in [2.24, 2.45) is 0 Å². The third-order valence-corrected chi connectivity index (χ3v) is 9.30. The Bertz CT molecular complexity index is 1590. The van der Waals surface area contributed by atoms with E-state index in [2.05, 4.69) is 5.32 Å². The van der Waals surface area contributed by atoms with E-state index in [1.807, 2.05) is 13.8 Å². The van der Waals surface area contributed by atoms with E-state index in [0.717, 1.165) is 12.1 Å². The number of dihydropyridines is 1. The Kier molecular flexibility index (Phi) is 8.29. The monoisotopic (exact) mass is 567 g/mol. The molecule has 0 saturated carbocycles. The summed E-state index contributed by atoms with van der Waals surface area (Å²) in [6.07, 6.45) is 3.86. The molecule has 2 aliphatic heterocycles. The average Bonchev–Trinajstić information content (AvgIpc) is 3.25. The Hall–Kier alpha value is -4.19. The predicted molar refractivity (Wildman–Crippen MR) is 148 cm³/mol. The number of carbonyl (C=O) groups excluding carboxylic acids is 2. The fraction of sp³-hybridized carbons (Fsp3) is 0.357. The van der Waals surface area contributed by atoms with Crippen LogP contribution < -0.4 is 5.32 Å². The molecule has 3 aliphatic rings. The summed E-state index contributed by atoms with van der Waals surface area (Å²) in [7, 11) is -3.51.